The Balaban J connectivity index is 4.41. The van der Waals surface area contributed by atoms with E-state index in [1.54, 1.807) is 6.92 Å². The number of nitrogens with zero attached hydrogens (tertiary/aromatic N) is 1. The first kappa shape index (κ1) is 18.2. The van der Waals surface area contributed by atoms with Gasteiger partial charge in [0, 0.05) is 13.7 Å². The van der Waals surface area contributed by atoms with Crippen molar-refractivity contribution in [3.63, 3.8) is 0 Å². The zero-order valence-corrected chi connectivity index (χ0v) is 12.0. The lowest BCUT2D eigenvalue weighted by molar-refractivity contribution is -0.148. The first-order chi connectivity index (χ1) is 9.46. The largest absolute Gasteiger partial charge is 0.479 e. The molecule has 0 saturated carbocycles. The normalized spacial score (nSPS) is 11.6. The Morgan fingerprint density at radius 3 is 2.40 bits per heavy atom. The maximum atomic E-state index is 11.9. The number of ether oxygens (including phenoxy) is 2. The summed E-state index contributed by atoms with van der Waals surface area (Å²) < 4.78 is 9.47. The summed E-state index contributed by atoms with van der Waals surface area (Å²) in [5.74, 6) is -1.67. The van der Waals surface area contributed by atoms with E-state index in [9.17, 15) is 14.4 Å². The van der Waals surface area contributed by atoms with Crippen molar-refractivity contribution < 1.29 is 29.0 Å². The highest BCUT2D eigenvalue weighted by molar-refractivity contribution is 5.81. The Labute approximate surface area is 118 Å². The Bertz CT molecular complexity index is 334. The van der Waals surface area contributed by atoms with Gasteiger partial charge in [0.05, 0.1) is 13.2 Å². The van der Waals surface area contributed by atoms with E-state index in [-0.39, 0.29) is 19.7 Å². The number of carbonyl (C=O) groups is 3. The quantitative estimate of drug-likeness (QED) is 0.582. The molecule has 0 aliphatic carbocycles. The summed E-state index contributed by atoms with van der Waals surface area (Å²) in [6, 6.07) is -0.525. The molecule has 0 spiro atoms. The fourth-order valence-corrected chi connectivity index (χ4v) is 1.45. The Hall–Kier alpha value is -1.83. The lowest BCUT2D eigenvalue weighted by Crippen LogP contribution is -2.47. The van der Waals surface area contributed by atoms with Crippen LogP contribution in [0.15, 0.2) is 0 Å². The van der Waals surface area contributed by atoms with Crippen LogP contribution in [0.25, 0.3) is 0 Å². The highest BCUT2D eigenvalue weighted by atomic mass is 16.5. The third-order valence-corrected chi connectivity index (χ3v) is 2.40. The third-order valence-electron chi connectivity index (χ3n) is 2.40. The summed E-state index contributed by atoms with van der Waals surface area (Å²) in [5, 5.41) is 11.2. The van der Waals surface area contributed by atoms with E-state index in [4.69, 9.17) is 14.6 Å². The molecule has 0 radical (unpaired) electrons. The number of carboxylic acid groups (broad SMARTS) is 1. The Kier molecular flexibility index (Phi) is 9.10. The average Bonchev–Trinajstić information content (AvgIpc) is 2.38. The molecular weight excluding hydrogens is 268 g/mol. The number of esters is 1. The van der Waals surface area contributed by atoms with Gasteiger partial charge in [-0.3, -0.25) is 4.79 Å². The molecule has 1 atom stereocenters. The van der Waals surface area contributed by atoms with Gasteiger partial charge in [-0.25, -0.2) is 9.59 Å². The van der Waals surface area contributed by atoms with Crippen LogP contribution in [-0.2, 0) is 19.1 Å². The van der Waals surface area contributed by atoms with Crippen LogP contribution in [0.1, 0.15) is 20.3 Å². The number of urea groups is 1. The van der Waals surface area contributed by atoms with Crippen LogP contribution in [-0.4, -0.2) is 67.4 Å². The molecule has 0 aliphatic heterocycles. The zero-order valence-electron chi connectivity index (χ0n) is 12.0. The van der Waals surface area contributed by atoms with E-state index in [0.717, 1.165) is 0 Å². The standard InChI is InChI=1S/C12H22N2O6/c1-4-6-14(8-10(15)20-5-2)12(18)13-7-9(19-3)11(16)17/h9H,4-8H2,1-3H3,(H,13,18)(H,16,17). The van der Waals surface area contributed by atoms with Crippen LogP contribution < -0.4 is 5.32 Å². The van der Waals surface area contributed by atoms with E-state index in [1.165, 1.54) is 12.0 Å². The molecular formula is C12H22N2O6. The molecule has 0 aromatic heterocycles. The van der Waals surface area contributed by atoms with Gasteiger partial charge in [-0.2, -0.15) is 0 Å². The lowest BCUT2D eigenvalue weighted by Gasteiger charge is -2.22. The number of hydrogen-bond donors (Lipinski definition) is 2. The monoisotopic (exact) mass is 290 g/mol. The molecule has 0 heterocycles. The highest BCUT2D eigenvalue weighted by Crippen LogP contribution is 1.96. The number of methoxy groups -OCH3 is 1. The van der Waals surface area contributed by atoms with E-state index in [1.807, 2.05) is 6.92 Å². The third kappa shape index (κ3) is 6.93. The van der Waals surface area contributed by atoms with Crippen molar-refractivity contribution in [3.05, 3.63) is 0 Å². The number of rotatable bonds is 9. The van der Waals surface area contributed by atoms with Crippen molar-refractivity contribution in [3.8, 4) is 0 Å². The summed E-state index contributed by atoms with van der Waals surface area (Å²) in [6.07, 6.45) is -0.454. The summed E-state index contributed by atoms with van der Waals surface area (Å²) >= 11 is 0. The molecule has 20 heavy (non-hydrogen) atoms. The second-order valence-corrected chi connectivity index (χ2v) is 3.98. The minimum absolute atomic E-state index is 0.168. The second kappa shape index (κ2) is 10.0. The van der Waals surface area contributed by atoms with Crippen LogP contribution in [0.3, 0.4) is 0 Å². The number of carbonyl (C=O) groups excluding carboxylic acids is 2. The summed E-state index contributed by atoms with van der Waals surface area (Å²) in [7, 11) is 1.24. The predicted molar refractivity (Wildman–Crippen MR) is 70.3 cm³/mol. The molecule has 0 rings (SSSR count). The number of nitrogens with one attached hydrogen (secondary N) is 1. The van der Waals surface area contributed by atoms with Crippen molar-refractivity contribution in [1.29, 1.82) is 0 Å². The zero-order chi connectivity index (χ0) is 15.5. The molecule has 116 valence electrons. The van der Waals surface area contributed by atoms with Crippen molar-refractivity contribution in [2.75, 3.05) is 33.4 Å². The molecule has 0 bridgehead atoms. The van der Waals surface area contributed by atoms with Crippen LogP contribution in [0.5, 0.6) is 0 Å². The minimum atomic E-state index is -1.17. The molecule has 0 aromatic carbocycles. The highest BCUT2D eigenvalue weighted by Gasteiger charge is 2.21. The molecule has 2 N–H and O–H groups in total. The maximum Gasteiger partial charge on any atom is 0.334 e. The van der Waals surface area contributed by atoms with Gasteiger partial charge in [-0.05, 0) is 13.3 Å². The van der Waals surface area contributed by atoms with Gasteiger partial charge >= 0.3 is 18.0 Å². The van der Waals surface area contributed by atoms with Gasteiger partial charge in [0.15, 0.2) is 6.10 Å². The van der Waals surface area contributed by atoms with E-state index < -0.39 is 24.1 Å². The molecule has 2 amide bonds. The molecule has 8 heteroatoms. The van der Waals surface area contributed by atoms with Gasteiger partial charge in [-0.1, -0.05) is 6.92 Å². The van der Waals surface area contributed by atoms with Crippen molar-refractivity contribution in [1.82, 2.24) is 10.2 Å². The van der Waals surface area contributed by atoms with E-state index >= 15 is 0 Å². The van der Waals surface area contributed by atoms with E-state index in [2.05, 4.69) is 5.32 Å². The van der Waals surface area contributed by atoms with E-state index in [0.29, 0.717) is 13.0 Å². The van der Waals surface area contributed by atoms with Gasteiger partial charge in [0.1, 0.15) is 6.54 Å². The molecule has 0 fully saturated rings. The second-order valence-electron chi connectivity index (χ2n) is 3.98. The molecule has 0 saturated heterocycles. The minimum Gasteiger partial charge on any atom is -0.479 e. The molecule has 0 aromatic rings. The van der Waals surface area contributed by atoms with Crippen LogP contribution >= 0.6 is 0 Å². The Morgan fingerprint density at radius 1 is 1.30 bits per heavy atom. The van der Waals surface area contributed by atoms with Gasteiger partial charge < -0.3 is 24.8 Å². The molecule has 8 nitrogen and oxygen atoms in total. The first-order valence-electron chi connectivity index (χ1n) is 6.40. The average molecular weight is 290 g/mol. The molecule has 0 aliphatic rings. The summed E-state index contributed by atoms with van der Waals surface area (Å²) in [4.78, 5) is 35.3. The Morgan fingerprint density at radius 2 is 1.95 bits per heavy atom. The lowest BCUT2D eigenvalue weighted by atomic mass is 10.3. The number of hydrogen-bond acceptors (Lipinski definition) is 5. The number of carboxylic acids is 1. The SMILES string of the molecule is CCCN(CC(=O)OCC)C(=O)NCC(OC)C(=O)O. The van der Waals surface area contributed by atoms with Crippen molar-refractivity contribution in [2.45, 2.75) is 26.4 Å². The van der Waals surface area contributed by atoms with Crippen molar-refractivity contribution >= 4 is 18.0 Å². The van der Waals surface area contributed by atoms with Gasteiger partial charge in [-0.15, -0.1) is 0 Å². The van der Waals surface area contributed by atoms with Crippen LogP contribution in [0.4, 0.5) is 4.79 Å². The van der Waals surface area contributed by atoms with Gasteiger partial charge in [0.25, 0.3) is 0 Å². The smallest absolute Gasteiger partial charge is 0.334 e. The topological polar surface area (TPSA) is 105 Å². The fraction of sp³-hybridized carbons (Fsp3) is 0.750. The van der Waals surface area contributed by atoms with Crippen LogP contribution in [0.2, 0.25) is 0 Å². The predicted octanol–water partition coefficient (Wildman–Crippen LogP) is 0.0707. The summed E-state index contributed by atoms with van der Waals surface area (Å²) in [5.41, 5.74) is 0. The number of aliphatic carboxylic acids is 1. The first-order valence-corrected chi connectivity index (χ1v) is 6.40. The summed E-state index contributed by atoms with van der Waals surface area (Å²) in [6.45, 7) is 3.81. The van der Waals surface area contributed by atoms with Crippen molar-refractivity contribution in [2.24, 2.45) is 0 Å². The van der Waals surface area contributed by atoms with Crippen LogP contribution in [0, 0.1) is 0 Å². The van der Waals surface area contributed by atoms with Gasteiger partial charge in [0.2, 0.25) is 0 Å². The number of amides is 2. The molecule has 1 unspecified atom stereocenters. The maximum absolute atomic E-state index is 11.9. The fourth-order valence-electron chi connectivity index (χ4n) is 1.45.